The topological polar surface area (TPSA) is 17.1 Å². The van der Waals surface area contributed by atoms with E-state index in [0.29, 0.717) is 5.92 Å². The molecule has 0 spiro atoms. The average molecular weight is 239 g/mol. The molecular formula is C12H11ClOS. The van der Waals surface area contributed by atoms with Gasteiger partial charge in [-0.05, 0) is 29.0 Å². The molecule has 0 atom stereocenters. The largest absolute Gasteiger partial charge is 0.297 e. The van der Waals surface area contributed by atoms with E-state index in [1.54, 1.807) is 0 Å². The maximum absolute atomic E-state index is 11.0. The number of hydrogen-bond acceptors (Lipinski definition) is 2. The summed E-state index contributed by atoms with van der Waals surface area (Å²) in [6.45, 7) is 4.20. The first-order chi connectivity index (χ1) is 7.13. The minimum absolute atomic E-state index is 0.361. The number of aldehydes is 1. The van der Waals surface area contributed by atoms with Crippen LogP contribution in [-0.4, -0.2) is 6.29 Å². The molecule has 3 heteroatoms. The van der Waals surface area contributed by atoms with Crippen molar-refractivity contribution < 1.29 is 4.79 Å². The van der Waals surface area contributed by atoms with Crippen molar-refractivity contribution in [3.63, 3.8) is 0 Å². The molecule has 1 aromatic carbocycles. The molecule has 2 rings (SSSR count). The van der Waals surface area contributed by atoms with Crippen molar-refractivity contribution in [1.82, 2.24) is 0 Å². The van der Waals surface area contributed by atoms with Gasteiger partial charge in [0.15, 0.2) is 6.29 Å². The summed E-state index contributed by atoms with van der Waals surface area (Å²) in [7, 11) is 0. The third-order valence-corrected chi connectivity index (χ3v) is 3.73. The molecule has 0 aliphatic heterocycles. The second-order valence-electron chi connectivity index (χ2n) is 3.79. The van der Waals surface area contributed by atoms with Crippen molar-refractivity contribution in [2.45, 2.75) is 19.8 Å². The van der Waals surface area contributed by atoms with E-state index in [1.165, 1.54) is 11.3 Å². The minimum atomic E-state index is 0.361. The molecule has 0 aliphatic carbocycles. The highest BCUT2D eigenvalue weighted by Crippen LogP contribution is 2.36. The Balaban J connectivity index is 2.80. The predicted octanol–water partition coefficient (Wildman–Crippen LogP) is 4.49. The van der Waals surface area contributed by atoms with E-state index in [9.17, 15) is 4.79 Å². The maximum atomic E-state index is 11.0. The third kappa shape index (κ3) is 1.80. The molecule has 0 amide bonds. The molecule has 1 nitrogen and oxygen atoms in total. The van der Waals surface area contributed by atoms with Crippen molar-refractivity contribution >= 4 is 39.3 Å². The molecule has 1 aromatic heterocycles. The van der Waals surface area contributed by atoms with E-state index >= 15 is 0 Å². The van der Waals surface area contributed by atoms with Crippen LogP contribution in [0.25, 0.3) is 10.1 Å². The van der Waals surface area contributed by atoms with Crippen molar-refractivity contribution in [2.24, 2.45) is 0 Å². The number of benzene rings is 1. The van der Waals surface area contributed by atoms with Crippen molar-refractivity contribution in [1.29, 1.82) is 0 Å². The van der Waals surface area contributed by atoms with Crippen LogP contribution in [0.5, 0.6) is 0 Å². The molecule has 2 aromatic rings. The summed E-state index contributed by atoms with van der Waals surface area (Å²) >= 11 is 7.44. The van der Waals surface area contributed by atoms with Gasteiger partial charge in [0.1, 0.15) is 0 Å². The first-order valence-electron chi connectivity index (χ1n) is 4.80. The molecule has 0 aliphatic rings. The number of hydrogen-bond donors (Lipinski definition) is 0. The summed E-state index contributed by atoms with van der Waals surface area (Å²) in [4.78, 5) is 11.8. The summed E-state index contributed by atoms with van der Waals surface area (Å²) in [5, 5.41) is 1.87. The summed E-state index contributed by atoms with van der Waals surface area (Å²) in [6, 6.07) is 5.79. The lowest BCUT2D eigenvalue weighted by atomic mass is 10.00. The molecule has 1 heterocycles. The van der Waals surface area contributed by atoms with Crippen LogP contribution in [0.15, 0.2) is 18.2 Å². The van der Waals surface area contributed by atoms with Gasteiger partial charge in [-0.25, -0.2) is 0 Å². The minimum Gasteiger partial charge on any atom is -0.297 e. The first kappa shape index (κ1) is 10.7. The molecule has 0 radical (unpaired) electrons. The molecule has 0 saturated carbocycles. The van der Waals surface area contributed by atoms with Crippen LogP contribution in [0.3, 0.4) is 0 Å². The van der Waals surface area contributed by atoms with Crippen molar-refractivity contribution in [3.8, 4) is 0 Å². The second-order valence-corrected chi connectivity index (χ2v) is 5.31. The van der Waals surface area contributed by atoms with Crippen LogP contribution in [0, 0.1) is 0 Å². The third-order valence-electron chi connectivity index (χ3n) is 2.40. The van der Waals surface area contributed by atoms with Gasteiger partial charge in [0.05, 0.1) is 4.88 Å². The molecule has 0 bridgehead atoms. The Morgan fingerprint density at radius 1 is 1.40 bits per heavy atom. The lowest BCUT2D eigenvalue weighted by molar-refractivity contribution is 0.112. The predicted molar refractivity (Wildman–Crippen MR) is 66.3 cm³/mol. The fraction of sp³-hybridized carbons (Fsp3) is 0.250. The maximum Gasteiger partial charge on any atom is 0.160 e. The number of halogens is 1. The quantitative estimate of drug-likeness (QED) is 0.705. The van der Waals surface area contributed by atoms with Gasteiger partial charge in [0.25, 0.3) is 0 Å². The average Bonchev–Trinajstić information content (AvgIpc) is 2.54. The number of carbonyl (C=O) groups excluding carboxylic acids is 1. The zero-order valence-electron chi connectivity index (χ0n) is 8.58. The Morgan fingerprint density at radius 3 is 2.73 bits per heavy atom. The van der Waals surface area contributed by atoms with Crippen LogP contribution < -0.4 is 0 Å². The lowest BCUT2D eigenvalue weighted by Crippen LogP contribution is -1.89. The Labute approximate surface area is 97.7 Å². The van der Waals surface area contributed by atoms with Gasteiger partial charge in [-0.15, -0.1) is 11.3 Å². The fourth-order valence-electron chi connectivity index (χ4n) is 1.79. The van der Waals surface area contributed by atoms with E-state index in [2.05, 4.69) is 13.8 Å². The fourth-order valence-corrected chi connectivity index (χ4v) is 3.24. The lowest BCUT2D eigenvalue weighted by Gasteiger charge is -2.04. The highest BCUT2D eigenvalue weighted by Gasteiger charge is 2.14. The smallest absolute Gasteiger partial charge is 0.160 e. The SMILES string of the molecule is CC(C)c1c(C=O)sc2cc(Cl)ccc12. The van der Waals surface area contributed by atoms with Gasteiger partial charge >= 0.3 is 0 Å². The van der Waals surface area contributed by atoms with Gasteiger partial charge in [0, 0.05) is 9.72 Å². The van der Waals surface area contributed by atoms with Crippen LogP contribution in [0.1, 0.15) is 35.0 Å². The van der Waals surface area contributed by atoms with E-state index in [1.807, 2.05) is 18.2 Å². The number of thiophene rings is 1. The molecule has 0 saturated heterocycles. The Hall–Kier alpha value is -0.860. The number of fused-ring (bicyclic) bond motifs is 1. The number of rotatable bonds is 2. The normalized spacial score (nSPS) is 11.2. The van der Waals surface area contributed by atoms with Crippen molar-refractivity contribution in [2.75, 3.05) is 0 Å². The summed E-state index contributed by atoms with van der Waals surface area (Å²) in [5.74, 6) is 0.361. The van der Waals surface area contributed by atoms with Crippen LogP contribution in [0.4, 0.5) is 0 Å². The summed E-state index contributed by atoms with van der Waals surface area (Å²) < 4.78 is 1.09. The Bertz CT molecular complexity index is 514. The molecule has 0 N–H and O–H groups in total. The standard InChI is InChI=1S/C12H11ClOS/c1-7(2)12-9-4-3-8(13)5-10(9)15-11(12)6-14/h3-7H,1-2H3. The summed E-state index contributed by atoms with van der Waals surface area (Å²) in [5.41, 5.74) is 1.14. The van der Waals surface area contributed by atoms with Crippen LogP contribution >= 0.6 is 22.9 Å². The summed E-state index contributed by atoms with van der Waals surface area (Å²) in [6.07, 6.45) is 0.938. The van der Waals surface area contributed by atoms with Crippen LogP contribution in [-0.2, 0) is 0 Å². The van der Waals surface area contributed by atoms with Gasteiger partial charge in [-0.1, -0.05) is 31.5 Å². The zero-order valence-corrected chi connectivity index (χ0v) is 10.2. The second kappa shape index (κ2) is 3.95. The molecule has 78 valence electrons. The van der Waals surface area contributed by atoms with E-state index in [4.69, 9.17) is 11.6 Å². The monoisotopic (exact) mass is 238 g/mol. The van der Waals surface area contributed by atoms with Gasteiger partial charge < -0.3 is 0 Å². The Kier molecular flexibility index (Phi) is 2.81. The highest BCUT2D eigenvalue weighted by molar-refractivity contribution is 7.20. The van der Waals surface area contributed by atoms with E-state index < -0.39 is 0 Å². The van der Waals surface area contributed by atoms with Gasteiger partial charge in [0.2, 0.25) is 0 Å². The molecular weight excluding hydrogens is 228 g/mol. The van der Waals surface area contributed by atoms with Crippen molar-refractivity contribution in [3.05, 3.63) is 33.7 Å². The zero-order chi connectivity index (χ0) is 11.0. The highest BCUT2D eigenvalue weighted by atomic mass is 35.5. The molecule has 0 fully saturated rings. The first-order valence-corrected chi connectivity index (χ1v) is 6.00. The van der Waals surface area contributed by atoms with Gasteiger partial charge in [-0.3, -0.25) is 4.79 Å². The van der Waals surface area contributed by atoms with E-state index in [0.717, 1.165) is 31.8 Å². The number of carbonyl (C=O) groups is 1. The molecule has 15 heavy (non-hydrogen) atoms. The van der Waals surface area contributed by atoms with Crippen LogP contribution in [0.2, 0.25) is 5.02 Å². The van der Waals surface area contributed by atoms with E-state index in [-0.39, 0.29) is 0 Å². The molecule has 0 unspecified atom stereocenters. The Morgan fingerprint density at radius 2 is 2.13 bits per heavy atom. The van der Waals surface area contributed by atoms with Gasteiger partial charge in [-0.2, -0.15) is 0 Å².